The molecule has 2 aromatic rings. The summed E-state index contributed by atoms with van der Waals surface area (Å²) in [7, 11) is 2.16. The Kier molecular flexibility index (Phi) is 3.98. The van der Waals surface area contributed by atoms with Gasteiger partial charge in [0.2, 0.25) is 0 Å². The van der Waals surface area contributed by atoms with Gasteiger partial charge >= 0.3 is 0 Å². The van der Waals surface area contributed by atoms with E-state index in [2.05, 4.69) is 38.1 Å². The minimum atomic E-state index is 0.454. The van der Waals surface area contributed by atoms with Crippen molar-refractivity contribution in [2.75, 3.05) is 29.9 Å². The minimum Gasteiger partial charge on any atom is -0.355 e. The van der Waals surface area contributed by atoms with E-state index >= 15 is 0 Å². The number of anilines is 2. The predicted molar refractivity (Wildman–Crippen MR) is 102 cm³/mol. The number of nitrogens with zero attached hydrogens (tertiary/aromatic N) is 6. The van der Waals surface area contributed by atoms with Crippen molar-refractivity contribution in [3.63, 3.8) is 0 Å². The Bertz CT molecular complexity index is 803. The Labute approximate surface area is 154 Å². The standard InChI is InChI=1S/C20H26N6/c1-25(18-8-10-21-20(22-18)14-6-7-14)16-9-11-26(13-16)19-12-15-4-2-3-5-17(15)23-24-19/h8,10,12,14,16H,2-7,9,11,13H2,1H3. The van der Waals surface area contributed by atoms with E-state index in [1.165, 1.54) is 36.9 Å². The van der Waals surface area contributed by atoms with E-state index in [0.717, 1.165) is 49.8 Å². The SMILES string of the molecule is CN(c1ccnc(C2CC2)n1)C1CCN(c2cc3c(nn2)CCCC3)C1. The van der Waals surface area contributed by atoms with Gasteiger partial charge in [0.05, 0.1) is 5.69 Å². The van der Waals surface area contributed by atoms with Gasteiger partial charge in [-0.3, -0.25) is 0 Å². The number of hydrogen-bond acceptors (Lipinski definition) is 6. The maximum Gasteiger partial charge on any atom is 0.151 e. The zero-order valence-corrected chi connectivity index (χ0v) is 15.4. The first-order valence-corrected chi connectivity index (χ1v) is 9.94. The highest BCUT2D eigenvalue weighted by molar-refractivity contribution is 5.46. The molecule has 1 saturated heterocycles. The first-order chi connectivity index (χ1) is 12.8. The Morgan fingerprint density at radius 3 is 2.88 bits per heavy atom. The lowest BCUT2D eigenvalue weighted by Crippen LogP contribution is -2.35. The molecule has 0 N–H and O–H groups in total. The van der Waals surface area contributed by atoms with Gasteiger partial charge in [0, 0.05) is 38.3 Å². The van der Waals surface area contributed by atoms with Gasteiger partial charge in [-0.1, -0.05) is 0 Å². The molecule has 1 aliphatic heterocycles. The zero-order valence-electron chi connectivity index (χ0n) is 15.4. The van der Waals surface area contributed by atoms with Gasteiger partial charge in [0.25, 0.3) is 0 Å². The van der Waals surface area contributed by atoms with Gasteiger partial charge in [-0.25, -0.2) is 9.97 Å². The van der Waals surface area contributed by atoms with Crippen molar-refractivity contribution in [1.82, 2.24) is 20.2 Å². The van der Waals surface area contributed by atoms with Crippen molar-refractivity contribution >= 4 is 11.6 Å². The summed E-state index contributed by atoms with van der Waals surface area (Å²) in [5, 5.41) is 9.02. The molecule has 2 aliphatic carbocycles. The first kappa shape index (κ1) is 16.0. The number of aryl methyl sites for hydroxylation is 2. The van der Waals surface area contributed by atoms with Gasteiger partial charge in [-0.15, -0.1) is 5.10 Å². The van der Waals surface area contributed by atoms with Gasteiger partial charge < -0.3 is 9.80 Å². The fraction of sp³-hybridized carbons (Fsp3) is 0.600. The summed E-state index contributed by atoms with van der Waals surface area (Å²) in [6.45, 7) is 2.01. The van der Waals surface area contributed by atoms with Crippen LogP contribution in [0.4, 0.5) is 11.6 Å². The van der Waals surface area contributed by atoms with Gasteiger partial charge in [0.1, 0.15) is 11.6 Å². The Balaban J connectivity index is 1.30. The molecule has 3 aliphatic rings. The van der Waals surface area contributed by atoms with Gasteiger partial charge in [-0.05, 0) is 62.6 Å². The summed E-state index contributed by atoms with van der Waals surface area (Å²) in [6, 6.07) is 4.77. The molecule has 0 spiro atoms. The van der Waals surface area contributed by atoms with Crippen LogP contribution in [0.2, 0.25) is 0 Å². The van der Waals surface area contributed by atoms with Crippen molar-refractivity contribution < 1.29 is 0 Å². The van der Waals surface area contributed by atoms with E-state index in [4.69, 9.17) is 4.98 Å². The fourth-order valence-corrected chi connectivity index (χ4v) is 4.18. The van der Waals surface area contributed by atoms with E-state index in [-0.39, 0.29) is 0 Å². The molecule has 3 heterocycles. The Morgan fingerprint density at radius 1 is 1.12 bits per heavy atom. The summed E-state index contributed by atoms with van der Waals surface area (Å²) in [6.07, 6.45) is 10.3. The lowest BCUT2D eigenvalue weighted by atomic mass is 9.97. The van der Waals surface area contributed by atoms with Crippen molar-refractivity contribution in [1.29, 1.82) is 0 Å². The molecule has 6 nitrogen and oxygen atoms in total. The summed E-state index contributed by atoms with van der Waals surface area (Å²) in [5.74, 6) is 3.70. The second kappa shape index (κ2) is 6.49. The van der Waals surface area contributed by atoms with Crippen LogP contribution in [0.3, 0.4) is 0 Å². The Hall–Kier alpha value is -2.24. The van der Waals surface area contributed by atoms with Crippen LogP contribution in [-0.2, 0) is 12.8 Å². The van der Waals surface area contributed by atoms with Crippen molar-refractivity contribution in [3.8, 4) is 0 Å². The van der Waals surface area contributed by atoms with Crippen LogP contribution in [0.1, 0.15) is 55.1 Å². The number of aromatic nitrogens is 4. The van der Waals surface area contributed by atoms with E-state index in [0.29, 0.717) is 12.0 Å². The van der Waals surface area contributed by atoms with E-state index < -0.39 is 0 Å². The molecule has 0 radical (unpaired) electrons. The van der Waals surface area contributed by atoms with Crippen LogP contribution >= 0.6 is 0 Å². The number of hydrogen-bond donors (Lipinski definition) is 0. The van der Waals surface area contributed by atoms with Crippen LogP contribution in [0, 0.1) is 0 Å². The molecule has 0 bridgehead atoms. The molecular formula is C20H26N6. The third kappa shape index (κ3) is 3.02. The lowest BCUT2D eigenvalue weighted by Gasteiger charge is -2.26. The number of likely N-dealkylation sites (N-methyl/N-ethyl adjacent to an activating group) is 1. The van der Waals surface area contributed by atoms with Crippen molar-refractivity contribution in [3.05, 3.63) is 35.4 Å². The predicted octanol–water partition coefficient (Wildman–Crippen LogP) is 2.74. The molecule has 1 atom stereocenters. The lowest BCUT2D eigenvalue weighted by molar-refractivity contribution is 0.651. The van der Waals surface area contributed by atoms with Crippen LogP contribution < -0.4 is 9.80 Å². The van der Waals surface area contributed by atoms with E-state index in [1.54, 1.807) is 0 Å². The highest BCUT2D eigenvalue weighted by Gasteiger charge is 2.30. The van der Waals surface area contributed by atoms with Crippen molar-refractivity contribution in [2.45, 2.75) is 56.9 Å². The van der Waals surface area contributed by atoms with E-state index in [9.17, 15) is 0 Å². The van der Waals surface area contributed by atoms with Crippen LogP contribution in [0.5, 0.6) is 0 Å². The maximum atomic E-state index is 4.80. The fourth-order valence-electron chi connectivity index (χ4n) is 4.18. The number of rotatable bonds is 4. The average molecular weight is 350 g/mol. The second-order valence-corrected chi connectivity index (χ2v) is 7.93. The summed E-state index contributed by atoms with van der Waals surface area (Å²) in [4.78, 5) is 14.0. The average Bonchev–Trinajstić information content (AvgIpc) is 3.44. The molecule has 5 rings (SSSR count). The summed E-state index contributed by atoms with van der Waals surface area (Å²) < 4.78 is 0. The Morgan fingerprint density at radius 2 is 2.00 bits per heavy atom. The highest BCUT2D eigenvalue weighted by Crippen LogP contribution is 2.38. The molecule has 26 heavy (non-hydrogen) atoms. The van der Waals surface area contributed by atoms with Gasteiger partial charge in [-0.2, -0.15) is 5.10 Å². The highest BCUT2D eigenvalue weighted by atomic mass is 15.3. The molecule has 136 valence electrons. The second-order valence-electron chi connectivity index (χ2n) is 7.93. The number of fused-ring (bicyclic) bond motifs is 1. The molecule has 1 saturated carbocycles. The third-order valence-electron chi connectivity index (χ3n) is 6.06. The topological polar surface area (TPSA) is 58.0 Å². The van der Waals surface area contributed by atoms with Crippen LogP contribution in [-0.4, -0.2) is 46.3 Å². The van der Waals surface area contributed by atoms with Crippen molar-refractivity contribution in [2.24, 2.45) is 0 Å². The monoisotopic (exact) mass is 350 g/mol. The van der Waals surface area contributed by atoms with Crippen LogP contribution in [0.25, 0.3) is 0 Å². The molecule has 0 aromatic carbocycles. The smallest absolute Gasteiger partial charge is 0.151 e. The molecular weight excluding hydrogens is 324 g/mol. The molecule has 1 unspecified atom stereocenters. The first-order valence-electron chi connectivity index (χ1n) is 9.94. The quantitative estimate of drug-likeness (QED) is 0.845. The normalized spacial score (nSPS) is 22.3. The largest absolute Gasteiger partial charge is 0.355 e. The molecule has 6 heteroatoms. The third-order valence-corrected chi connectivity index (χ3v) is 6.06. The summed E-state index contributed by atoms with van der Waals surface area (Å²) in [5.41, 5.74) is 2.62. The minimum absolute atomic E-state index is 0.454. The van der Waals surface area contributed by atoms with E-state index in [1.807, 2.05) is 12.3 Å². The molecule has 0 amide bonds. The summed E-state index contributed by atoms with van der Waals surface area (Å²) >= 11 is 0. The molecule has 2 aromatic heterocycles. The molecule has 2 fully saturated rings. The van der Waals surface area contributed by atoms with Gasteiger partial charge in [0.15, 0.2) is 5.82 Å². The maximum absolute atomic E-state index is 4.80. The van der Waals surface area contributed by atoms with Crippen LogP contribution in [0.15, 0.2) is 18.3 Å². The zero-order chi connectivity index (χ0) is 17.5.